The molecule has 0 fully saturated rings. The summed E-state index contributed by atoms with van der Waals surface area (Å²) in [5.74, 6) is 1.72. The van der Waals surface area contributed by atoms with Crippen molar-refractivity contribution >= 4 is 11.6 Å². The van der Waals surface area contributed by atoms with Crippen LogP contribution in [0.3, 0.4) is 0 Å². The number of rotatable bonds is 5. The van der Waals surface area contributed by atoms with Crippen molar-refractivity contribution in [1.29, 1.82) is 0 Å². The fraction of sp³-hybridized carbons (Fsp3) is 0.333. The molecule has 0 radical (unpaired) electrons. The summed E-state index contributed by atoms with van der Waals surface area (Å²) in [7, 11) is 0. The van der Waals surface area contributed by atoms with Crippen LogP contribution in [0.4, 0.5) is 0 Å². The Morgan fingerprint density at radius 3 is 2.58 bits per heavy atom. The molecular formula is C15H17ClN2O. The van der Waals surface area contributed by atoms with Crippen LogP contribution in [0, 0.1) is 5.92 Å². The maximum absolute atomic E-state index is 6.01. The number of halogens is 1. The highest BCUT2D eigenvalue weighted by Gasteiger charge is 2.06. The zero-order chi connectivity index (χ0) is 13.7. The van der Waals surface area contributed by atoms with Crippen molar-refractivity contribution in [3.8, 4) is 17.3 Å². The van der Waals surface area contributed by atoms with Gasteiger partial charge in [-0.3, -0.25) is 0 Å². The summed E-state index contributed by atoms with van der Waals surface area (Å²) in [6.07, 6.45) is 0.988. The van der Waals surface area contributed by atoms with Gasteiger partial charge in [-0.15, -0.1) is 0 Å². The first-order valence-corrected chi connectivity index (χ1v) is 6.76. The van der Waals surface area contributed by atoms with Gasteiger partial charge >= 0.3 is 0 Å². The van der Waals surface area contributed by atoms with Gasteiger partial charge in [0.05, 0.1) is 6.61 Å². The first-order chi connectivity index (χ1) is 9.15. The van der Waals surface area contributed by atoms with E-state index in [0.717, 1.165) is 12.0 Å². The van der Waals surface area contributed by atoms with Crippen LogP contribution in [0.15, 0.2) is 36.4 Å². The van der Waals surface area contributed by atoms with Crippen molar-refractivity contribution in [3.05, 3.63) is 41.6 Å². The van der Waals surface area contributed by atoms with Crippen LogP contribution in [0.5, 0.6) is 5.88 Å². The van der Waals surface area contributed by atoms with Gasteiger partial charge in [0, 0.05) is 11.6 Å². The first kappa shape index (κ1) is 13.8. The third-order valence-corrected chi connectivity index (χ3v) is 2.84. The molecule has 19 heavy (non-hydrogen) atoms. The van der Waals surface area contributed by atoms with Gasteiger partial charge in [0.1, 0.15) is 5.15 Å². The predicted molar refractivity (Wildman–Crippen MR) is 77.4 cm³/mol. The van der Waals surface area contributed by atoms with Gasteiger partial charge in [-0.2, -0.15) is 4.98 Å². The lowest BCUT2D eigenvalue weighted by molar-refractivity contribution is 0.279. The maximum atomic E-state index is 6.01. The Labute approximate surface area is 118 Å². The van der Waals surface area contributed by atoms with Crippen molar-refractivity contribution < 1.29 is 4.74 Å². The fourth-order valence-electron chi connectivity index (χ4n) is 1.59. The number of ether oxygens (including phenoxy) is 1. The molecule has 0 saturated heterocycles. The van der Waals surface area contributed by atoms with E-state index in [0.29, 0.717) is 29.4 Å². The molecule has 0 unspecified atom stereocenters. The van der Waals surface area contributed by atoms with Crippen LogP contribution in [0.2, 0.25) is 5.15 Å². The average Bonchev–Trinajstić information content (AvgIpc) is 2.39. The van der Waals surface area contributed by atoms with Crippen molar-refractivity contribution in [2.24, 2.45) is 5.92 Å². The van der Waals surface area contributed by atoms with Gasteiger partial charge in [0.15, 0.2) is 5.82 Å². The molecule has 2 aromatic rings. The highest BCUT2D eigenvalue weighted by molar-refractivity contribution is 6.29. The molecule has 1 heterocycles. The molecule has 100 valence electrons. The summed E-state index contributed by atoms with van der Waals surface area (Å²) in [6, 6.07) is 11.4. The number of nitrogens with zero attached hydrogens (tertiary/aromatic N) is 2. The van der Waals surface area contributed by atoms with Crippen LogP contribution in [0.25, 0.3) is 11.4 Å². The second-order valence-corrected chi connectivity index (χ2v) is 5.14. The SMILES string of the molecule is CC(C)CCOc1cc(Cl)nc(-c2ccccc2)n1. The molecule has 0 aliphatic rings. The molecule has 0 aliphatic carbocycles. The summed E-state index contributed by atoms with van der Waals surface area (Å²) in [5.41, 5.74) is 0.929. The fourth-order valence-corrected chi connectivity index (χ4v) is 1.76. The van der Waals surface area contributed by atoms with Crippen LogP contribution >= 0.6 is 11.6 Å². The second-order valence-electron chi connectivity index (χ2n) is 4.75. The molecule has 0 N–H and O–H groups in total. The third kappa shape index (κ3) is 4.21. The lowest BCUT2D eigenvalue weighted by atomic mass is 10.1. The molecule has 2 rings (SSSR count). The average molecular weight is 277 g/mol. The van der Waals surface area contributed by atoms with Crippen LogP contribution in [-0.4, -0.2) is 16.6 Å². The molecule has 0 aliphatic heterocycles. The van der Waals surface area contributed by atoms with Crippen LogP contribution < -0.4 is 4.74 Å². The molecule has 0 atom stereocenters. The highest BCUT2D eigenvalue weighted by Crippen LogP contribution is 2.21. The molecule has 1 aromatic heterocycles. The predicted octanol–water partition coefficient (Wildman–Crippen LogP) is 4.22. The summed E-state index contributed by atoms with van der Waals surface area (Å²) >= 11 is 6.01. The molecule has 0 saturated carbocycles. The monoisotopic (exact) mass is 276 g/mol. The maximum Gasteiger partial charge on any atom is 0.218 e. The van der Waals surface area contributed by atoms with Gasteiger partial charge in [0.25, 0.3) is 0 Å². The smallest absolute Gasteiger partial charge is 0.218 e. The molecule has 3 nitrogen and oxygen atoms in total. The van der Waals surface area contributed by atoms with Gasteiger partial charge < -0.3 is 4.74 Å². The van der Waals surface area contributed by atoms with Crippen molar-refractivity contribution in [2.75, 3.05) is 6.61 Å². The summed E-state index contributed by atoms with van der Waals surface area (Å²) in [6.45, 7) is 4.96. The Morgan fingerprint density at radius 2 is 1.89 bits per heavy atom. The van der Waals surface area contributed by atoms with Crippen molar-refractivity contribution in [3.63, 3.8) is 0 Å². The zero-order valence-corrected chi connectivity index (χ0v) is 11.9. The minimum absolute atomic E-state index is 0.397. The Balaban J connectivity index is 2.16. The number of benzene rings is 1. The topological polar surface area (TPSA) is 35.0 Å². The number of hydrogen-bond acceptors (Lipinski definition) is 3. The van der Waals surface area contributed by atoms with Crippen LogP contribution in [0.1, 0.15) is 20.3 Å². The molecular weight excluding hydrogens is 260 g/mol. The van der Waals surface area contributed by atoms with Gasteiger partial charge in [-0.25, -0.2) is 4.98 Å². The van der Waals surface area contributed by atoms with E-state index in [1.54, 1.807) is 6.07 Å². The molecule has 1 aromatic carbocycles. The normalized spacial score (nSPS) is 10.7. The standard InChI is InChI=1S/C15H17ClN2O/c1-11(2)8-9-19-14-10-13(16)17-15(18-14)12-6-4-3-5-7-12/h3-7,10-11H,8-9H2,1-2H3. The Bertz CT molecular complexity index is 529. The van der Waals surface area contributed by atoms with E-state index in [9.17, 15) is 0 Å². The van der Waals surface area contributed by atoms with E-state index in [1.807, 2.05) is 30.3 Å². The molecule has 0 amide bonds. The van der Waals surface area contributed by atoms with Gasteiger partial charge in [-0.05, 0) is 12.3 Å². The Morgan fingerprint density at radius 1 is 1.16 bits per heavy atom. The van der Waals surface area contributed by atoms with E-state index < -0.39 is 0 Å². The molecule has 0 spiro atoms. The lowest BCUT2D eigenvalue weighted by Crippen LogP contribution is -2.03. The van der Waals surface area contributed by atoms with E-state index in [-0.39, 0.29) is 0 Å². The molecule has 4 heteroatoms. The van der Waals surface area contributed by atoms with Crippen molar-refractivity contribution in [1.82, 2.24) is 9.97 Å². The second kappa shape index (κ2) is 6.53. The number of aromatic nitrogens is 2. The Kier molecular flexibility index (Phi) is 4.74. The van der Waals surface area contributed by atoms with Crippen LogP contribution in [-0.2, 0) is 0 Å². The minimum Gasteiger partial charge on any atom is -0.478 e. The van der Waals surface area contributed by atoms with E-state index in [4.69, 9.17) is 16.3 Å². The summed E-state index contributed by atoms with van der Waals surface area (Å²) in [5, 5.41) is 0.397. The van der Waals surface area contributed by atoms with Gasteiger partial charge in [-0.1, -0.05) is 55.8 Å². The highest BCUT2D eigenvalue weighted by atomic mass is 35.5. The van der Waals surface area contributed by atoms with E-state index in [2.05, 4.69) is 23.8 Å². The largest absolute Gasteiger partial charge is 0.478 e. The van der Waals surface area contributed by atoms with E-state index in [1.165, 1.54) is 0 Å². The third-order valence-electron chi connectivity index (χ3n) is 2.65. The summed E-state index contributed by atoms with van der Waals surface area (Å²) < 4.78 is 5.62. The first-order valence-electron chi connectivity index (χ1n) is 6.38. The number of hydrogen-bond donors (Lipinski definition) is 0. The lowest BCUT2D eigenvalue weighted by Gasteiger charge is -2.08. The minimum atomic E-state index is 0.397. The quantitative estimate of drug-likeness (QED) is 0.767. The van der Waals surface area contributed by atoms with E-state index >= 15 is 0 Å². The van der Waals surface area contributed by atoms with Gasteiger partial charge in [0.2, 0.25) is 5.88 Å². The summed E-state index contributed by atoms with van der Waals surface area (Å²) in [4.78, 5) is 8.60. The van der Waals surface area contributed by atoms with Crippen molar-refractivity contribution in [2.45, 2.75) is 20.3 Å². The molecule has 0 bridgehead atoms. The Hall–Kier alpha value is -1.61. The zero-order valence-electron chi connectivity index (χ0n) is 11.1.